The van der Waals surface area contributed by atoms with Crippen LogP contribution >= 0.6 is 22.7 Å². The summed E-state index contributed by atoms with van der Waals surface area (Å²) in [5.41, 5.74) is 7.58. The fourth-order valence-electron chi connectivity index (χ4n) is 8.96. The maximum Gasteiger partial charge on any atom is 0.0434 e. The van der Waals surface area contributed by atoms with E-state index in [2.05, 4.69) is 182 Å². The van der Waals surface area contributed by atoms with Crippen LogP contribution in [0.4, 0.5) is 0 Å². The Bertz CT molecular complexity index is 3430. The molecule has 0 unspecified atom stereocenters. The first-order valence-corrected chi connectivity index (χ1v) is 20.1. The molecule has 0 radical (unpaired) electrons. The van der Waals surface area contributed by atoms with Crippen molar-refractivity contribution in [3.05, 3.63) is 182 Å². The summed E-state index contributed by atoms with van der Waals surface area (Å²) in [6.07, 6.45) is 0. The van der Waals surface area contributed by atoms with Crippen LogP contribution in [0.25, 0.3) is 117 Å². The van der Waals surface area contributed by atoms with Crippen molar-refractivity contribution in [2.75, 3.05) is 0 Å². The van der Waals surface area contributed by atoms with Gasteiger partial charge in [-0.3, -0.25) is 0 Å². The Morgan fingerprint density at radius 2 is 0.852 bits per heavy atom. The molecule has 0 spiro atoms. The molecular weight excluding hydrogens is 689 g/mol. The van der Waals surface area contributed by atoms with Crippen LogP contribution in [0.15, 0.2) is 182 Å². The van der Waals surface area contributed by atoms with E-state index < -0.39 is 0 Å². The number of rotatable bonds is 3. The Labute approximate surface area is 319 Å². The third-order valence-electron chi connectivity index (χ3n) is 11.4. The van der Waals surface area contributed by atoms with Gasteiger partial charge in [-0.2, -0.15) is 0 Å². The van der Waals surface area contributed by atoms with Crippen molar-refractivity contribution in [2.24, 2.45) is 0 Å². The van der Waals surface area contributed by atoms with Gasteiger partial charge in [0.25, 0.3) is 0 Å². The zero-order valence-electron chi connectivity index (χ0n) is 29.1. The lowest BCUT2D eigenvalue weighted by molar-refractivity contribution is 1.64. The Balaban J connectivity index is 0.992. The van der Waals surface area contributed by atoms with Gasteiger partial charge < -0.3 is 0 Å². The van der Waals surface area contributed by atoms with Gasteiger partial charge in [0.1, 0.15) is 0 Å². The van der Waals surface area contributed by atoms with Crippen LogP contribution < -0.4 is 0 Å². The molecule has 0 amide bonds. The molecule has 12 aromatic rings. The average molecular weight is 719 g/mol. The lowest BCUT2D eigenvalue weighted by Crippen LogP contribution is -1.91. The van der Waals surface area contributed by atoms with Gasteiger partial charge in [-0.15, -0.1) is 22.7 Å². The molecule has 250 valence electrons. The normalized spacial score (nSPS) is 12.1. The zero-order valence-corrected chi connectivity index (χ0v) is 30.8. The highest BCUT2D eigenvalue weighted by atomic mass is 32.1. The number of benzene rings is 10. The van der Waals surface area contributed by atoms with Gasteiger partial charge in [-0.05, 0) is 101 Å². The highest BCUT2D eigenvalue weighted by Crippen LogP contribution is 2.47. The molecule has 0 aliphatic heterocycles. The molecule has 0 aliphatic rings. The second kappa shape index (κ2) is 11.6. The van der Waals surface area contributed by atoms with Crippen molar-refractivity contribution in [3.63, 3.8) is 0 Å². The van der Waals surface area contributed by atoms with Gasteiger partial charge in [0.15, 0.2) is 0 Å². The predicted molar refractivity (Wildman–Crippen MR) is 239 cm³/mol. The summed E-state index contributed by atoms with van der Waals surface area (Å²) in [6.45, 7) is 0. The zero-order chi connectivity index (χ0) is 35.3. The van der Waals surface area contributed by atoms with Gasteiger partial charge in [0.2, 0.25) is 0 Å². The summed E-state index contributed by atoms with van der Waals surface area (Å²) < 4.78 is 5.42. The SMILES string of the molecule is c1ccc2c(-c3c4ccccc4c(-c4ccc(-c5ccc6sc7c8cc9sc%10ccccc%10c9cc8ccc7c6c5)cc4)c4ccccc34)cccc2c1. The Hall–Kier alpha value is -6.32. The van der Waals surface area contributed by atoms with Crippen molar-refractivity contribution in [3.8, 4) is 33.4 Å². The summed E-state index contributed by atoms with van der Waals surface area (Å²) in [4.78, 5) is 0. The van der Waals surface area contributed by atoms with E-state index in [4.69, 9.17) is 0 Å². The molecule has 54 heavy (non-hydrogen) atoms. The lowest BCUT2D eigenvalue weighted by Gasteiger charge is -2.19. The number of hydrogen-bond donors (Lipinski definition) is 0. The second-order valence-electron chi connectivity index (χ2n) is 14.4. The van der Waals surface area contributed by atoms with Crippen LogP contribution in [0.1, 0.15) is 0 Å². The van der Waals surface area contributed by atoms with Crippen molar-refractivity contribution >= 4 is 106 Å². The Kier molecular flexibility index (Phi) is 6.48. The molecule has 2 heteroatoms. The quantitative estimate of drug-likeness (QED) is 0.160. The summed E-state index contributed by atoms with van der Waals surface area (Å²) in [7, 11) is 0. The van der Waals surface area contributed by atoms with Gasteiger partial charge in [-0.25, -0.2) is 0 Å². The molecule has 0 bridgehead atoms. The minimum Gasteiger partial charge on any atom is -0.135 e. The maximum atomic E-state index is 2.43. The van der Waals surface area contributed by atoms with E-state index in [0.717, 1.165) is 0 Å². The minimum atomic E-state index is 1.23. The Morgan fingerprint density at radius 1 is 0.259 bits per heavy atom. The summed E-state index contributed by atoms with van der Waals surface area (Å²) in [5, 5.41) is 15.7. The van der Waals surface area contributed by atoms with E-state index in [1.165, 1.54) is 117 Å². The topological polar surface area (TPSA) is 0 Å². The Morgan fingerprint density at radius 3 is 1.63 bits per heavy atom. The first-order valence-electron chi connectivity index (χ1n) is 18.5. The molecule has 0 aliphatic carbocycles. The molecule has 0 atom stereocenters. The van der Waals surface area contributed by atoms with Crippen molar-refractivity contribution in [1.29, 1.82) is 0 Å². The summed E-state index contributed by atoms with van der Waals surface area (Å²) >= 11 is 3.81. The third-order valence-corrected chi connectivity index (χ3v) is 13.8. The fraction of sp³-hybridized carbons (Fsp3) is 0. The lowest BCUT2D eigenvalue weighted by atomic mass is 9.84. The number of hydrogen-bond acceptors (Lipinski definition) is 2. The minimum absolute atomic E-state index is 1.23. The molecule has 0 nitrogen and oxygen atoms in total. The largest absolute Gasteiger partial charge is 0.135 e. The van der Waals surface area contributed by atoms with E-state index in [1.54, 1.807) is 0 Å². The summed E-state index contributed by atoms with van der Waals surface area (Å²) in [6, 6.07) is 67.8. The molecular formula is C52H30S2. The van der Waals surface area contributed by atoms with Gasteiger partial charge >= 0.3 is 0 Å². The van der Waals surface area contributed by atoms with Crippen molar-refractivity contribution in [2.45, 2.75) is 0 Å². The van der Waals surface area contributed by atoms with Crippen molar-refractivity contribution < 1.29 is 0 Å². The average Bonchev–Trinajstić information content (AvgIpc) is 3.80. The molecule has 10 aromatic carbocycles. The molecule has 2 heterocycles. The molecule has 0 fully saturated rings. The number of thiophene rings is 2. The summed E-state index contributed by atoms with van der Waals surface area (Å²) in [5.74, 6) is 0. The van der Waals surface area contributed by atoms with Gasteiger partial charge in [-0.1, -0.05) is 152 Å². The van der Waals surface area contributed by atoms with Crippen LogP contribution in [-0.4, -0.2) is 0 Å². The van der Waals surface area contributed by atoms with E-state index in [-0.39, 0.29) is 0 Å². The van der Waals surface area contributed by atoms with E-state index in [9.17, 15) is 0 Å². The second-order valence-corrected chi connectivity index (χ2v) is 16.5. The maximum absolute atomic E-state index is 2.43. The molecule has 0 saturated carbocycles. The smallest absolute Gasteiger partial charge is 0.0434 e. The van der Waals surface area contributed by atoms with E-state index >= 15 is 0 Å². The van der Waals surface area contributed by atoms with Crippen molar-refractivity contribution in [1.82, 2.24) is 0 Å². The highest BCUT2D eigenvalue weighted by molar-refractivity contribution is 7.27. The van der Waals surface area contributed by atoms with Crippen LogP contribution in [0.3, 0.4) is 0 Å². The highest BCUT2D eigenvalue weighted by Gasteiger charge is 2.18. The van der Waals surface area contributed by atoms with E-state index in [0.29, 0.717) is 0 Å². The fourth-order valence-corrected chi connectivity index (χ4v) is 11.3. The predicted octanol–water partition coefficient (Wildman–Crippen LogP) is 16.0. The van der Waals surface area contributed by atoms with Crippen LogP contribution in [-0.2, 0) is 0 Å². The monoisotopic (exact) mass is 718 g/mol. The first kappa shape index (κ1) is 30.2. The third kappa shape index (κ3) is 4.42. The number of fused-ring (bicyclic) bond motifs is 11. The molecule has 2 aromatic heterocycles. The van der Waals surface area contributed by atoms with Crippen LogP contribution in [0.5, 0.6) is 0 Å². The molecule has 0 saturated heterocycles. The molecule has 12 rings (SSSR count). The molecule has 0 N–H and O–H groups in total. The van der Waals surface area contributed by atoms with Gasteiger partial charge in [0.05, 0.1) is 0 Å². The van der Waals surface area contributed by atoms with Gasteiger partial charge in [0, 0.05) is 45.7 Å². The van der Waals surface area contributed by atoms with Crippen LogP contribution in [0.2, 0.25) is 0 Å². The first-order chi connectivity index (χ1) is 26.8. The van der Waals surface area contributed by atoms with E-state index in [1.807, 2.05) is 22.7 Å². The standard InChI is InChI=1S/C52H30S2/c1-2-12-36-32(10-1)11-9-18-38(36)51-41-16-5-3-14-39(41)50(40-15-4-6-17-42(40)51)33-22-20-31(21-23-33)34-25-27-48-46(28-34)43-26-24-35-29-45-37-13-7-8-19-47(37)53-49(45)30-44(35)52(43)54-48/h1-30H. The van der Waals surface area contributed by atoms with Crippen LogP contribution in [0, 0.1) is 0 Å².